The van der Waals surface area contributed by atoms with E-state index in [2.05, 4.69) is 26.8 Å². The minimum Gasteiger partial charge on any atom is -0.118 e. The summed E-state index contributed by atoms with van der Waals surface area (Å²) < 4.78 is 0. The second-order valence-electron chi connectivity index (χ2n) is 4.00. The van der Waals surface area contributed by atoms with Crippen molar-refractivity contribution >= 4 is 11.6 Å². The first-order chi connectivity index (χ1) is 4.50. The lowest BCUT2D eigenvalue weighted by Crippen LogP contribution is -2.06. The highest BCUT2D eigenvalue weighted by atomic mass is 35.5. The van der Waals surface area contributed by atoms with Crippen molar-refractivity contribution in [2.45, 2.75) is 39.0 Å². The highest BCUT2D eigenvalue weighted by Crippen LogP contribution is 2.35. The maximum Gasteiger partial charge on any atom is 0.0521 e. The van der Waals surface area contributed by atoms with Crippen LogP contribution in [-0.4, -0.2) is 5.38 Å². The summed E-state index contributed by atoms with van der Waals surface area (Å²) in [4.78, 5) is 0. The van der Waals surface area contributed by atoms with Crippen molar-refractivity contribution in [3.05, 3.63) is 11.6 Å². The fourth-order valence-corrected chi connectivity index (χ4v) is 1.56. The van der Waals surface area contributed by atoms with Crippen molar-refractivity contribution in [2.24, 2.45) is 5.41 Å². The van der Waals surface area contributed by atoms with Crippen LogP contribution in [0.25, 0.3) is 0 Å². The fourth-order valence-electron chi connectivity index (χ4n) is 1.30. The topological polar surface area (TPSA) is 0 Å². The summed E-state index contributed by atoms with van der Waals surface area (Å²) in [5, 5.41) is 0.300. The fraction of sp³-hybridized carbons (Fsp3) is 0.778. The van der Waals surface area contributed by atoms with E-state index in [1.54, 1.807) is 0 Å². The van der Waals surface area contributed by atoms with E-state index >= 15 is 0 Å². The molecular formula is C9H15Cl. The van der Waals surface area contributed by atoms with Gasteiger partial charge in [-0.3, -0.25) is 0 Å². The average molecular weight is 159 g/mol. The van der Waals surface area contributed by atoms with Gasteiger partial charge >= 0.3 is 0 Å². The van der Waals surface area contributed by atoms with Gasteiger partial charge in [0, 0.05) is 0 Å². The van der Waals surface area contributed by atoms with Crippen LogP contribution in [0.4, 0.5) is 0 Å². The Morgan fingerprint density at radius 2 is 2.10 bits per heavy atom. The standard InChI is InChI=1S/C9H15Cl/c1-9(2,3)7-4-5-8(10)6-7/h6,8H,4-5H2,1-3H3. The largest absolute Gasteiger partial charge is 0.118 e. The van der Waals surface area contributed by atoms with Crippen LogP contribution in [0.5, 0.6) is 0 Å². The third-order valence-corrected chi connectivity index (χ3v) is 2.38. The molecule has 1 atom stereocenters. The molecule has 0 heterocycles. The molecule has 1 heteroatoms. The first-order valence-corrected chi connectivity index (χ1v) is 4.29. The van der Waals surface area contributed by atoms with Crippen molar-refractivity contribution in [1.29, 1.82) is 0 Å². The molecule has 58 valence electrons. The average Bonchev–Trinajstić information content (AvgIpc) is 2.11. The van der Waals surface area contributed by atoms with E-state index in [1.165, 1.54) is 12.0 Å². The van der Waals surface area contributed by atoms with E-state index in [0.717, 1.165) is 6.42 Å². The molecule has 1 aliphatic rings. The summed E-state index contributed by atoms with van der Waals surface area (Å²) in [5.74, 6) is 0. The van der Waals surface area contributed by atoms with Gasteiger partial charge in [-0.25, -0.2) is 0 Å². The molecule has 0 fully saturated rings. The molecule has 0 bridgehead atoms. The summed E-state index contributed by atoms with van der Waals surface area (Å²) in [7, 11) is 0. The van der Waals surface area contributed by atoms with Crippen LogP contribution in [0.15, 0.2) is 11.6 Å². The third-order valence-electron chi connectivity index (χ3n) is 2.03. The lowest BCUT2D eigenvalue weighted by molar-refractivity contribution is 0.489. The normalized spacial score (nSPS) is 26.8. The van der Waals surface area contributed by atoms with Gasteiger partial charge < -0.3 is 0 Å². The minimum absolute atomic E-state index is 0.300. The van der Waals surface area contributed by atoms with Gasteiger partial charge in [0.2, 0.25) is 0 Å². The molecule has 0 N–H and O–H groups in total. The smallest absolute Gasteiger partial charge is 0.0521 e. The number of halogens is 1. The molecule has 0 spiro atoms. The predicted octanol–water partition coefficient (Wildman–Crippen LogP) is 3.36. The molecule has 0 saturated carbocycles. The van der Waals surface area contributed by atoms with Gasteiger partial charge in [0.05, 0.1) is 5.38 Å². The molecule has 0 aromatic rings. The molecule has 0 aliphatic heterocycles. The molecule has 0 nitrogen and oxygen atoms in total. The Labute approximate surface area is 68.3 Å². The number of allylic oxidation sites excluding steroid dienone is 2. The summed E-state index contributed by atoms with van der Waals surface area (Å²) >= 11 is 5.94. The van der Waals surface area contributed by atoms with Gasteiger partial charge in [-0.05, 0) is 18.3 Å². The van der Waals surface area contributed by atoms with Crippen LogP contribution in [0.2, 0.25) is 0 Å². The van der Waals surface area contributed by atoms with Crippen molar-refractivity contribution in [2.75, 3.05) is 0 Å². The van der Waals surface area contributed by atoms with E-state index < -0.39 is 0 Å². The lowest BCUT2D eigenvalue weighted by atomic mass is 9.86. The SMILES string of the molecule is CC(C)(C)C1=CC(Cl)CC1. The van der Waals surface area contributed by atoms with Crippen LogP contribution in [0, 0.1) is 5.41 Å². The number of alkyl halides is 1. The summed E-state index contributed by atoms with van der Waals surface area (Å²) in [6, 6.07) is 0. The number of hydrogen-bond donors (Lipinski definition) is 0. The van der Waals surface area contributed by atoms with Crippen molar-refractivity contribution in [3.63, 3.8) is 0 Å². The van der Waals surface area contributed by atoms with Crippen molar-refractivity contribution in [3.8, 4) is 0 Å². The van der Waals surface area contributed by atoms with Gasteiger partial charge in [0.1, 0.15) is 0 Å². The molecule has 0 aromatic heterocycles. The Morgan fingerprint density at radius 3 is 2.30 bits per heavy atom. The van der Waals surface area contributed by atoms with Crippen LogP contribution in [0.3, 0.4) is 0 Å². The van der Waals surface area contributed by atoms with Gasteiger partial charge in [-0.2, -0.15) is 0 Å². The Morgan fingerprint density at radius 1 is 1.50 bits per heavy atom. The van der Waals surface area contributed by atoms with E-state index in [9.17, 15) is 0 Å². The highest BCUT2D eigenvalue weighted by Gasteiger charge is 2.22. The molecule has 0 radical (unpaired) electrons. The number of hydrogen-bond acceptors (Lipinski definition) is 0. The van der Waals surface area contributed by atoms with Gasteiger partial charge in [-0.15, -0.1) is 11.6 Å². The Hall–Kier alpha value is 0.0300. The quantitative estimate of drug-likeness (QED) is 0.375. The maximum atomic E-state index is 5.94. The van der Waals surface area contributed by atoms with Crippen LogP contribution < -0.4 is 0 Å². The Bertz CT molecular complexity index is 151. The second kappa shape index (κ2) is 2.58. The molecule has 1 rings (SSSR count). The van der Waals surface area contributed by atoms with Gasteiger partial charge in [0.15, 0.2) is 0 Å². The van der Waals surface area contributed by atoms with Crippen LogP contribution in [0.1, 0.15) is 33.6 Å². The second-order valence-corrected chi connectivity index (χ2v) is 4.56. The van der Waals surface area contributed by atoms with E-state index in [4.69, 9.17) is 11.6 Å². The van der Waals surface area contributed by atoms with Crippen LogP contribution >= 0.6 is 11.6 Å². The van der Waals surface area contributed by atoms with Gasteiger partial charge in [-0.1, -0.05) is 32.4 Å². The zero-order chi connectivity index (χ0) is 7.78. The van der Waals surface area contributed by atoms with Crippen molar-refractivity contribution in [1.82, 2.24) is 0 Å². The van der Waals surface area contributed by atoms with Crippen molar-refractivity contribution < 1.29 is 0 Å². The maximum absolute atomic E-state index is 5.94. The molecule has 10 heavy (non-hydrogen) atoms. The summed E-state index contributed by atoms with van der Waals surface area (Å²) in [6.45, 7) is 6.73. The van der Waals surface area contributed by atoms with E-state index in [1.807, 2.05) is 0 Å². The first-order valence-electron chi connectivity index (χ1n) is 3.85. The first kappa shape index (κ1) is 8.13. The van der Waals surface area contributed by atoms with Gasteiger partial charge in [0.25, 0.3) is 0 Å². The zero-order valence-corrected chi connectivity index (χ0v) is 7.70. The minimum atomic E-state index is 0.300. The Kier molecular flexibility index (Phi) is 2.10. The Balaban J connectivity index is 2.67. The number of rotatable bonds is 0. The molecule has 0 aromatic carbocycles. The predicted molar refractivity (Wildman–Crippen MR) is 46.4 cm³/mol. The zero-order valence-electron chi connectivity index (χ0n) is 6.95. The van der Waals surface area contributed by atoms with E-state index in [0.29, 0.717) is 10.8 Å². The summed E-state index contributed by atoms with van der Waals surface area (Å²) in [5.41, 5.74) is 1.86. The lowest BCUT2D eigenvalue weighted by Gasteiger charge is -2.19. The molecule has 1 aliphatic carbocycles. The molecule has 0 amide bonds. The van der Waals surface area contributed by atoms with Crippen LogP contribution in [-0.2, 0) is 0 Å². The monoisotopic (exact) mass is 158 g/mol. The summed E-state index contributed by atoms with van der Waals surface area (Å²) in [6.07, 6.45) is 4.54. The third kappa shape index (κ3) is 1.76. The highest BCUT2D eigenvalue weighted by molar-refractivity contribution is 6.22. The molecular weight excluding hydrogens is 144 g/mol. The van der Waals surface area contributed by atoms with E-state index in [-0.39, 0.29) is 0 Å². The molecule has 1 unspecified atom stereocenters. The molecule has 0 saturated heterocycles.